The van der Waals surface area contributed by atoms with Crippen LogP contribution in [0.3, 0.4) is 0 Å². The molecule has 1 aromatic carbocycles. The van der Waals surface area contributed by atoms with Crippen LogP contribution < -0.4 is 5.73 Å². The van der Waals surface area contributed by atoms with E-state index < -0.39 is 12.0 Å². The van der Waals surface area contributed by atoms with Crippen molar-refractivity contribution >= 4 is 11.9 Å². The normalized spacial score (nSPS) is 15.2. The predicted octanol–water partition coefficient (Wildman–Crippen LogP) is 1.35. The molecule has 0 saturated heterocycles. The SMILES string of the molecule is CCC[C@@H](N)C(=O)N1Cc2ccc(C(=O)O)cc2C1. The standard InChI is InChI=1S/C14H18N2O3/c1-2-3-12(15)13(17)16-7-10-5-4-9(14(18)19)6-11(10)8-16/h4-6,12H,2-3,7-8,15H2,1H3,(H,18,19)/t12-/m1/s1. The van der Waals surface area contributed by atoms with Crippen molar-refractivity contribution in [2.45, 2.75) is 38.9 Å². The van der Waals surface area contributed by atoms with Gasteiger partial charge in [-0.3, -0.25) is 4.79 Å². The summed E-state index contributed by atoms with van der Waals surface area (Å²) in [5.74, 6) is -1.01. The zero-order valence-corrected chi connectivity index (χ0v) is 10.9. The highest BCUT2D eigenvalue weighted by atomic mass is 16.4. The fourth-order valence-corrected chi connectivity index (χ4v) is 2.35. The maximum absolute atomic E-state index is 12.1. The Morgan fingerprint density at radius 1 is 1.37 bits per heavy atom. The molecule has 2 rings (SSSR count). The Balaban J connectivity index is 2.12. The second kappa shape index (κ2) is 5.40. The van der Waals surface area contributed by atoms with Crippen molar-refractivity contribution in [3.63, 3.8) is 0 Å². The Morgan fingerprint density at radius 3 is 2.68 bits per heavy atom. The van der Waals surface area contributed by atoms with Gasteiger partial charge in [0.2, 0.25) is 5.91 Å². The molecule has 5 heteroatoms. The lowest BCUT2D eigenvalue weighted by Crippen LogP contribution is -2.41. The largest absolute Gasteiger partial charge is 0.478 e. The lowest BCUT2D eigenvalue weighted by Gasteiger charge is -2.19. The van der Waals surface area contributed by atoms with E-state index >= 15 is 0 Å². The molecule has 1 aromatic rings. The molecule has 0 aliphatic carbocycles. The van der Waals surface area contributed by atoms with Gasteiger partial charge in [-0.1, -0.05) is 19.4 Å². The number of aromatic carboxylic acids is 1. The second-order valence-corrected chi connectivity index (χ2v) is 4.88. The van der Waals surface area contributed by atoms with Gasteiger partial charge >= 0.3 is 5.97 Å². The predicted molar refractivity (Wildman–Crippen MR) is 70.5 cm³/mol. The van der Waals surface area contributed by atoms with Gasteiger partial charge in [0.05, 0.1) is 11.6 Å². The first-order valence-electron chi connectivity index (χ1n) is 6.42. The van der Waals surface area contributed by atoms with Gasteiger partial charge in [-0.25, -0.2) is 4.79 Å². The van der Waals surface area contributed by atoms with Crippen LogP contribution >= 0.6 is 0 Å². The van der Waals surface area contributed by atoms with E-state index in [9.17, 15) is 9.59 Å². The first-order valence-corrected chi connectivity index (χ1v) is 6.42. The first-order chi connectivity index (χ1) is 9.02. The van der Waals surface area contributed by atoms with E-state index in [0.29, 0.717) is 19.5 Å². The van der Waals surface area contributed by atoms with E-state index in [-0.39, 0.29) is 11.5 Å². The van der Waals surface area contributed by atoms with Crippen LogP contribution in [0.1, 0.15) is 41.3 Å². The topological polar surface area (TPSA) is 83.6 Å². The maximum atomic E-state index is 12.1. The quantitative estimate of drug-likeness (QED) is 0.858. The van der Waals surface area contributed by atoms with Crippen LogP contribution in [0.4, 0.5) is 0 Å². The van der Waals surface area contributed by atoms with Crippen molar-refractivity contribution < 1.29 is 14.7 Å². The van der Waals surface area contributed by atoms with E-state index in [1.807, 2.05) is 6.92 Å². The smallest absolute Gasteiger partial charge is 0.335 e. The lowest BCUT2D eigenvalue weighted by molar-refractivity contribution is -0.133. The summed E-state index contributed by atoms with van der Waals surface area (Å²) in [6.07, 6.45) is 1.54. The zero-order chi connectivity index (χ0) is 14.0. The molecule has 102 valence electrons. The number of nitrogens with two attached hydrogens (primary N) is 1. The summed E-state index contributed by atoms with van der Waals surface area (Å²) in [6, 6.07) is 4.52. The number of carbonyl (C=O) groups excluding carboxylic acids is 1. The minimum absolute atomic E-state index is 0.0603. The third kappa shape index (κ3) is 2.76. The lowest BCUT2D eigenvalue weighted by atomic mass is 10.1. The van der Waals surface area contributed by atoms with Gasteiger partial charge in [0.1, 0.15) is 0 Å². The average molecular weight is 262 g/mol. The molecule has 0 unspecified atom stereocenters. The molecular formula is C14H18N2O3. The van der Waals surface area contributed by atoms with E-state index in [0.717, 1.165) is 17.5 Å². The van der Waals surface area contributed by atoms with Gasteiger partial charge in [-0.15, -0.1) is 0 Å². The van der Waals surface area contributed by atoms with Crippen LogP contribution in [0.5, 0.6) is 0 Å². The molecule has 0 saturated carbocycles. The third-order valence-electron chi connectivity index (χ3n) is 3.40. The summed E-state index contributed by atoms with van der Waals surface area (Å²) >= 11 is 0. The minimum Gasteiger partial charge on any atom is -0.478 e. The van der Waals surface area contributed by atoms with Crippen molar-refractivity contribution in [3.8, 4) is 0 Å². The van der Waals surface area contributed by atoms with Crippen molar-refractivity contribution in [1.29, 1.82) is 0 Å². The van der Waals surface area contributed by atoms with Gasteiger partial charge < -0.3 is 15.7 Å². The van der Waals surface area contributed by atoms with E-state index in [2.05, 4.69) is 0 Å². The second-order valence-electron chi connectivity index (χ2n) is 4.88. The molecule has 19 heavy (non-hydrogen) atoms. The van der Waals surface area contributed by atoms with Crippen molar-refractivity contribution in [3.05, 3.63) is 34.9 Å². The molecule has 1 heterocycles. The summed E-state index contributed by atoms with van der Waals surface area (Å²) in [7, 11) is 0. The fourth-order valence-electron chi connectivity index (χ4n) is 2.35. The number of benzene rings is 1. The molecule has 1 amide bonds. The molecule has 5 nitrogen and oxygen atoms in total. The van der Waals surface area contributed by atoms with Crippen LogP contribution in [-0.2, 0) is 17.9 Å². The van der Waals surface area contributed by atoms with Gasteiger partial charge in [0, 0.05) is 13.1 Å². The number of fused-ring (bicyclic) bond motifs is 1. The van der Waals surface area contributed by atoms with Gasteiger partial charge in [0.15, 0.2) is 0 Å². The summed E-state index contributed by atoms with van der Waals surface area (Å²) in [6.45, 7) is 2.96. The first kappa shape index (κ1) is 13.5. The molecular weight excluding hydrogens is 244 g/mol. The maximum Gasteiger partial charge on any atom is 0.335 e. The molecule has 0 aromatic heterocycles. The highest BCUT2D eigenvalue weighted by Gasteiger charge is 2.27. The summed E-state index contributed by atoms with van der Waals surface area (Å²) in [4.78, 5) is 24.7. The summed E-state index contributed by atoms with van der Waals surface area (Å²) in [5.41, 5.74) is 7.99. The number of carboxylic acid groups (broad SMARTS) is 1. The molecule has 0 fully saturated rings. The average Bonchev–Trinajstić information content (AvgIpc) is 2.80. The monoisotopic (exact) mass is 262 g/mol. The van der Waals surface area contributed by atoms with Crippen LogP contribution in [0.25, 0.3) is 0 Å². The molecule has 0 spiro atoms. The fraction of sp³-hybridized carbons (Fsp3) is 0.429. The van der Waals surface area contributed by atoms with Crippen molar-refractivity contribution in [2.24, 2.45) is 5.73 Å². The van der Waals surface area contributed by atoms with Crippen LogP contribution in [0, 0.1) is 0 Å². The number of rotatable bonds is 4. The van der Waals surface area contributed by atoms with Crippen LogP contribution in [0.2, 0.25) is 0 Å². The Labute approximate surface area is 112 Å². The van der Waals surface area contributed by atoms with Gasteiger partial charge in [0.25, 0.3) is 0 Å². The van der Waals surface area contributed by atoms with Crippen molar-refractivity contribution in [1.82, 2.24) is 4.90 Å². The number of hydrogen-bond acceptors (Lipinski definition) is 3. The highest BCUT2D eigenvalue weighted by molar-refractivity contribution is 5.88. The van der Waals surface area contributed by atoms with Gasteiger partial charge in [-0.05, 0) is 29.7 Å². The van der Waals surface area contributed by atoms with E-state index in [1.165, 1.54) is 0 Å². The molecule has 0 radical (unpaired) electrons. The number of carboxylic acids is 1. The van der Waals surface area contributed by atoms with Gasteiger partial charge in [-0.2, -0.15) is 0 Å². The Morgan fingerprint density at radius 2 is 2.05 bits per heavy atom. The van der Waals surface area contributed by atoms with Crippen molar-refractivity contribution in [2.75, 3.05) is 0 Å². The highest BCUT2D eigenvalue weighted by Crippen LogP contribution is 2.24. The van der Waals surface area contributed by atoms with E-state index in [1.54, 1.807) is 23.1 Å². The van der Waals surface area contributed by atoms with Crippen LogP contribution in [0.15, 0.2) is 18.2 Å². The minimum atomic E-state index is -0.949. The molecule has 1 atom stereocenters. The van der Waals surface area contributed by atoms with Crippen LogP contribution in [-0.4, -0.2) is 27.9 Å². The number of carbonyl (C=O) groups is 2. The summed E-state index contributed by atoms with van der Waals surface area (Å²) in [5, 5.41) is 8.95. The Kier molecular flexibility index (Phi) is 3.85. The molecule has 0 bridgehead atoms. The Hall–Kier alpha value is -1.88. The summed E-state index contributed by atoms with van der Waals surface area (Å²) < 4.78 is 0. The molecule has 1 aliphatic rings. The molecule has 1 aliphatic heterocycles. The van der Waals surface area contributed by atoms with E-state index in [4.69, 9.17) is 10.8 Å². The zero-order valence-electron chi connectivity index (χ0n) is 10.9. The Bertz CT molecular complexity index is 513. The molecule has 3 N–H and O–H groups in total. The number of nitrogens with zero attached hydrogens (tertiary/aromatic N) is 1. The number of amides is 1. The third-order valence-corrected chi connectivity index (χ3v) is 3.40. The number of hydrogen-bond donors (Lipinski definition) is 2.